The molecule has 5 amide bonds. The van der Waals surface area contributed by atoms with Crippen LogP contribution in [0.5, 0.6) is 10.4 Å². The number of aromatic nitrogens is 2. The molecule has 23 nitrogen and oxygen atoms in total. The fourth-order valence-electron chi connectivity index (χ4n) is 13.0. The third-order valence-electron chi connectivity index (χ3n) is 19.6. The molecular formula is C69H80F2N10O13S4. The van der Waals surface area contributed by atoms with Crippen molar-refractivity contribution in [3.63, 3.8) is 0 Å². The zero-order valence-corrected chi connectivity index (χ0v) is 57.3. The van der Waals surface area contributed by atoms with Crippen molar-refractivity contribution in [2.24, 2.45) is 17.0 Å². The molecule has 2 aromatic heterocycles. The fraction of sp³-hybridized carbons (Fsp3) is 0.478. The average molecular weight is 1420 g/mol. The number of carbonyl (C=O) groups is 6. The van der Waals surface area contributed by atoms with Crippen LogP contribution in [0.1, 0.15) is 122 Å². The summed E-state index contributed by atoms with van der Waals surface area (Å²) in [7, 11) is -7.08. The molecule has 6 heterocycles. The summed E-state index contributed by atoms with van der Waals surface area (Å²) in [5.74, 6) is -4.93. The summed E-state index contributed by atoms with van der Waals surface area (Å²) < 4.78 is 89.8. The number of nitrogens with one attached hydrogen (secondary N) is 5. The van der Waals surface area contributed by atoms with Crippen LogP contribution in [0.4, 0.5) is 20.2 Å². The lowest BCUT2D eigenvalue weighted by molar-refractivity contribution is -0.145. The summed E-state index contributed by atoms with van der Waals surface area (Å²) in [6.07, 6.45) is 17.6. The Morgan fingerprint density at radius 1 is 0.622 bits per heavy atom. The van der Waals surface area contributed by atoms with Crippen molar-refractivity contribution < 1.29 is 69.0 Å². The Labute approximate surface area is 574 Å². The van der Waals surface area contributed by atoms with Gasteiger partial charge in [-0.15, -0.1) is 0 Å². The highest BCUT2D eigenvalue weighted by Crippen LogP contribution is 2.48. The van der Waals surface area contributed by atoms with Crippen LogP contribution in [0.2, 0.25) is 0 Å². The quantitative estimate of drug-likeness (QED) is 0.0531. The molecule has 4 aliphatic heterocycles. The molecule has 4 aliphatic carbocycles. The number of hydrogen-bond donors (Lipinski definition) is 7. The topological polar surface area (TPSA) is 328 Å². The highest BCUT2D eigenvalue weighted by atomic mass is 32.2. The summed E-state index contributed by atoms with van der Waals surface area (Å²) in [5.41, 5.74) is -0.0544. The van der Waals surface area contributed by atoms with Gasteiger partial charge in [-0.1, -0.05) is 96.9 Å². The maximum absolute atomic E-state index is 14.4. The highest BCUT2D eigenvalue weighted by molar-refractivity contribution is 7.91. The Bertz CT molecular complexity index is 4200. The Kier molecular flexibility index (Phi) is 20.6. The van der Waals surface area contributed by atoms with Gasteiger partial charge >= 0.3 is 5.97 Å². The van der Waals surface area contributed by atoms with Crippen LogP contribution in [0.3, 0.4) is 0 Å². The first-order chi connectivity index (χ1) is 46.9. The van der Waals surface area contributed by atoms with Gasteiger partial charge in [0.25, 0.3) is 16.3 Å². The van der Waals surface area contributed by atoms with Crippen molar-refractivity contribution in [2.75, 3.05) is 23.7 Å². The van der Waals surface area contributed by atoms with E-state index in [-0.39, 0.29) is 61.8 Å². The van der Waals surface area contributed by atoms with Crippen LogP contribution < -0.4 is 40.6 Å². The number of anilines is 2. The van der Waals surface area contributed by atoms with Gasteiger partial charge in [-0.2, -0.15) is 0 Å². The molecule has 98 heavy (non-hydrogen) atoms. The van der Waals surface area contributed by atoms with Crippen LogP contribution >= 0.6 is 22.7 Å². The van der Waals surface area contributed by atoms with Gasteiger partial charge in [0, 0.05) is 36.1 Å². The Morgan fingerprint density at radius 2 is 1.06 bits per heavy atom. The van der Waals surface area contributed by atoms with Gasteiger partial charge in [0.05, 0.1) is 43.5 Å². The minimum Gasteiger partial charge on any atom is -0.479 e. The maximum Gasteiger partial charge on any atom is 0.330 e. The molecule has 6 aromatic rings. The number of nitrogens with zero attached hydrogens (tertiary/aromatic N) is 4. The minimum absolute atomic E-state index is 0.104. The molecule has 29 heteroatoms. The number of nitrogens with two attached hydrogens (primary N) is 1. The van der Waals surface area contributed by atoms with E-state index >= 15 is 0 Å². The number of sulfonamides is 2. The first kappa shape index (κ1) is 69.8. The largest absolute Gasteiger partial charge is 0.479 e. The van der Waals surface area contributed by atoms with E-state index in [1.807, 2.05) is 72.8 Å². The predicted octanol–water partition coefficient (Wildman–Crippen LogP) is 8.84. The number of halogens is 2. The van der Waals surface area contributed by atoms with E-state index in [1.165, 1.54) is 56.7 Å². The molecule has 0 radical (unpaired) electrons. The number of thiazole rings is 2. The maximum atomic E-state index is 14.4. The lowest BCUT2D eigenvalue weighted by Crippen LogP contribution is -2.57. The number of carboxylic acids is 1. The van der Waals surface area contributed by atoms with Crippen molar-refractivity contribution >= 4 is 110 Å². The van der Waals surface area contributed by atoms with Gasteiger partial charge in [-0.3, -0.25) is 28.7 Å². The number of carboxylic acid groups (broad SMARTS) is 1. The average Bonchev–Trinajstić information content (AvgIpc) is 1.61. The van der Waals surface area contributed by atoms with E-state index in [4.69, 9.17) is 14.6 Å². The van der Waals surface area contributed by atoms with Crippen molar-refractivity contribution in [1.82, 2.24) is 35.1 Å². The fourth-order valence-corrected chi connectivity index (χ4v) is 16.8. The standard InChI is InChI=1S/C34H38FN5O6S2.C31H33FN4O5S.C4H9NO2S/c35-22-12-14-23(15-13-22)36-27-10-5-3-1-2-4-8-21-19-34(21,32(43)39-48(44,45)25-16-17-25)38-30(41)28-18-24(20-40(28)31(27)42)46-33-37-26-9-6-7-11-29(26)47-33;32-20-12-14-21(15-13-20)33-24-10-5-3-1-2-4-8-19-17-31(19,29(39)40)35-27(37)25-16-22(18-36(25)28(24)38)41-30-34-23-9-6-7-11-26(23)42-30;1-4(2-3-4)8(5,6)7/h4,6-9,11-15,21,24-25,27-28,36H,1-3,5,10,16-20H2,(H,38,41)(H,39,43);4,6-9,11-15,19,22,24-25,33H,1-3,5,10,16-18H2,(H,35,37)(H,39,40);2-3H2,1H3,(H2,5,6,7)/b2*8-4-;/t21-,24-,27+,28+,34-;19-,22-,24+,25+,31-;/m11./s1. The van der Waals surface area contributed by atoms with E-state index in [9.17, 15) is 59.5 Å². The summed E-state index contributed by atoms with van der Waals surface area (Å²) >= 11 is 2.77. The second-order valence-electron chi connectivity index (χ2n) is 26.9. The molecule has 4 saturated carbocycles. The molecular weight excluding hydrogens is 1340 g/mol. The summed E-state index contributed by atoms with van der Waals surface area (Å²) in [6.45, 7) is 1.92. The molecule has 8 N–H and O–H groups in total. The first-order valence-corrected chi connectivity index (χ1v) is 38.1. The number of fused-ring (bicyclic) bond motifs is 6. The number of aliphatic carboxylic acids is 1. The number of primary sulfonamides is 1. The SMILES string of the molecule is CC1(S(N)(=O)=O)CC1.O=C1N[C@]2(C(=O)NS(=O)(=O)C3CC3)C[C@H]2/C=C\CCCCC[C@H](Nc2ccc(F)cc2)C(=O)N2C[C@H](Oc3nc4ccccc4s3)C[C@@H]12.O=C1N[C@]2(C(=O)O)C[C@H]2/C=C\CCCCC[C@H](Nc2ccc(F)cc2)C(=O)N2C[C@H](Oc3nc4ccccc4s3)C[C@@H]12. The highest BCUT2D eigenvalue weighted by Gasteiger charge is 2.63. The van der Waals surface area contributed by atoms with Gasteiger partial charge in [-0.25, -0.2) is 45.5 Å². The summed E-state index contributed by atoms with van der Waals surface area (Å²) in [5, 5.41) is 27.4. The lowest BCUT2D eigenvalue weighted by atomic mass is 10.0. The van der Waals surface area contributed by atoms with Crippen molar-refractivity contribution in [3.05, 3.63) is 133 Å². The Morgan fingerprint density at radius 3 is 1.48 bits per heavy atom. The molecule has 8 aliphatic rings. The molecule has 0 spiro atoms. The van der Waals surface area contributed by atoms with Gasteiger partial charge in [0.15, 0.2) is 0 Å². The molecule has 0 bridgehead atoms. The van der Waals surface area contributed by atoms with Crippen LogP contribution in [-0.2, 0) is 48.8 Å². The Hall–Kier alpha value is -8.12. The minimum atomic E-state index is -3.85. The predicted molar refractivity (Wildman–Crippen MR) is 367 cm³/mol. The van der Waals surface area contributed by atoms with Crippen LogP contribution in [0.15, 0.2) is 121 Å². The first-order valence-electron chi connectivity index (χ1n) is 33.4. The van der Waals surface area contributed by atoms with Gasteiger partial charge in [0.2, 0.25) is 43.7 Å². The van der Waals surface area contributed by atoms with Crippen molar-refractivity contribution in [1.29, 1.82) is 0 Å². The zero-order valence-electron chi connectivity index (χ0n) is 54.0. The molecule has 14 rings (SSSR count). The second kappa shape index (κ2) is 29.0. The van der Waals surface area contributed by atoms with Gasteiger partial charge in [-0.05, 0) is 157 Å². The number of amides is 5. The second-order valence-corrected chi connectivity index (χ2v) is 32.9. The zero-order chi connectivity index (χ0) is 69.2. The normalized spacial score (nSPS) is 28.6. The van der Waals surface area contributed by atoms with E-state index in [2.05, 4.69) is 36.0 Å². The number of hydrogen-bond acceptors (Lipinski definition) is 18. The van der Waals surface area contributed by atoms with Crippen LogP contribution in [0, 0.1) is 23.5 Å². The molecule has 10 atom stereocenters. The monoisotopic (exact) mass is 1420 g/mol. The smallest absolute Gasteiger partial charge is 0.330 e. The van der Waals surface area contributed by atoms with Crippen LogP contribution in [-0.4, -0.2) is 148 Å². The lowest BCUT2D eigenvalue weighted by Gasteiger charge is -2.30. The number of para-hydroxylation sites is 2. The molecule has 2 saturated heterocycles. The molecule has 522 valence electrons. The summed E-state index contributed by atoms with van der Waals surface area (Å²) in [4.78, 5) is 94.4. The van der Waals surface area contributed by atoms with Crippen molar-refractivity contribution in [2.45, 2.75) is 180 Å². The van der Waals surface area contributed by atoms with Crippen molar-refractivity contribution in [3.8, 4) is 10.4 Å². The number of ether oxygens (including phenoxy) is 2. The Balaban J connectivity index is 0.000000168. The number of allylic oxidation sites excluding steroid dienone is 2. The van der Waals surface area contributed by atoms with Crippen LogP contribution in [0.25, 0.3) is 20.4 Å². The molecule has 4 aromatic carbocycles. The van der Waals surface area contributed by atoms with E-state index in [1.54, 1.807) is 31.2 Å². The summed E-state index contributed by atoms with van der Waals surface area (Å²) in [6, 6.07) is 23.6. The van der Waals surface area contributed by atoms with E-state index in [0.717, 1.165) is 84.6 Å². The number of rotatable bonds is 13. The van der Waals surface area contributed by atoms with E-state index in [0.29, 0.717) is 53.9 Å². The third kappa shape index (κ3) is 16.3. The van der Waals surface area contributed by atoms with Gasteiger partial charge < -0.3 is 45.6 Å². The third-order valence-corrected chi connectivity index (χ3v) is 25.0. The molecule has 0 unspecified atom stereocenters. The molecule has 6 fully saturated rings. The van der Waals surface area contributed by atoms with Gasteiger partial charge in [0.1, 0.15) is 59.1 Å². The number of carbonyl (C=O) groups excluding carboxylic acids is 5. The number of benzene rings is 4. The van der Waals surface area contributed by atoms with E-state index < -0.39 is 107 Å².